The molecule has 4 rings (SSSR count). The van der Waals surface area contributed by atoms with Crippen LogP contribution >= 0.6 is 11.6 Å². The maximum Gasteiger partial charge on any atom is 0.165 e. The number of nitrogens with two attached hydrogens (primary N) is 1. The van der Waals surface area contributed by atoms with E-state index < -0.39 is 11.6 Å². The van der Waals surface area contributed by atoms with Crippen LogP contribution in [-0.4, -0.2) is 10.2 Å². The second kappa shape index (κ2) is 5.57. The van der Waals surface area contributed by atoms with Crippen molar-refractivity contribution < 1.29 is 19.0 Å². The molecule has 1 aliphatic rings. The number of aromatic hydroxyl groups is 2. The summed E-state index contributed by atoms with van der Waals surface area (Å²) in [5.74, 6) is -0.690. The highest BCUT2D eigenvalue weighted by Gasteiger charge is 2.29. The van der Waals surface area contributed by atoms with Crippen LogP contribution in [0.2, 0.25) is 5.02 Å². The Balaban J connectivity index is 2.01. The van der Waals surface area contributed by atoms with Gasteiger partial charge in [-0.15, -0.1) is 0 Å². The standard InChI is InChI=1S/C19H13ClFNO3/c20-14-7-10(23)6-13-12(14)8-11(9-1-2-17(24)15(21)5-9)18(13)19-16(22)3-4-25-19/h1-7,23-24H,8,22H2. The smallest absolute Gasteiger partial charge is 0.165 e. The van der Waals surface area contributed by atoms with E-state index in [-0.39, 0.29) is 5.75 Å². The van der Waals surface area contributed by atoms with Crippen LogP contribution in [0.5, 0.6) is 11.5 Å². The average Bonchev–Trinajstić information content (AvgIpc) is 3.13. The Morgan fingerprint density at radius 3 is 2.60 bits per heavy atom. The lowest BCUT2D eigenvalue weighted by molar-refractivity contribution is 0.432. The molecule has 0 saturated heterocycles. The third kappa shape index (κ3) is 2.44. The van der Waals surface area contributed by atoms with Gasteiger partial charge in [0.1, 0.15) is 5.75 Å². The number of allylic oxidation sites excluding steroid dienone is 1. The quantitative estimate of drug-likeness (QED) is 0.627. The number of halogens is 2. The van der Waals surface area contributed by atoms with Gasteiger partial charge in [0.15, 0.2) is 17.3 Å². The molecule has 0 radical (unpaired) electrons. The number of fused-ring (bicyclic) bond motifs is 1. The second-order valence-electron chi connectivity index (χ2n) is 5.86. The summed E-state index contributed by atoms with van der Waals surface area (Å²) in [4.78, 5) is 0. The van der Waals surface area contributed by atoms with E-state index in [9.17, 15) is 14.6 Å². The van der Waals surface area contributed by atoms with Gasteiger partial charge in [-0.1, -0.05) is 17.7 Å². The lowest BCUT2D eigenvalue weighted by atomic mass is 9.98. The number of rotatable bonds is 2. The summed E-state index contributed by atoms with van der Waals surface area (Å²) in [6.45, 7) is 0. The van der Waals surface area contributed by atoms with Crippen LogP contribution in [0.25, 0.3) is 11.1 Å². The van der Waals surface area contributed by atoms with E-state index in [0.29, 0.717) is 39.6 Å². The van der Waals surface area contributed by atoms with Crippen LogP contribution in [0, 0.1) is 5.82 Å². The first-order chi connectivity index (χ1) is 12.0. The van der Waals surface area contributed by atoms with Crippen molar-refractivity contribution in [2.75, 3.05) is 5.73 Å². The predicted octanol–water partition coefficient (Wildman–Crippen LogP) is 4.58. The van der Waals surface area contributed by atoms with Crippen molar-refractivity contribution in [2.45, 2.75) is 6.42 Å². The summed E-state index contributed by atoms with van der Waals surface area (Å²) >= 11 is 6.29. The number of furan rings is 1. The number of anilines is 1. The summed E-state index contributed by atoms with van der Waals surface area (Å²) in [6.07, 6.45) is 1.89. The van der Waals surface area contributed by atoms with Crippen molar-refractivity contribution in [1.29, 1.82) is 0 Å². The van der Waals surface area contributed by atoms with Gasteiger partial charge in [-0.2, -0.15) is 0 Å². The lowest BCUT2D eigenvalue weighted by Crippen LogP contribution is -1.93. The highest BCUT2D eigenvalue weighted by molar-refractivity contribution is 6.32. The molecule has 0 spiro atoms. The molecular weight excluding hydrogens is 345 g/mol. The van der Waals surface area contributed by atoms with Gasteiger partial charge in [0, 0.05) is 23.1 Å². The van der Waals surface area contributed by atoms with E-state index in [2.05, 4.69) is 0 Å². The van der Waals surface area contributed by atoms with Crippen molar-refractivity contribution in [3.05, 3.63) is 76.0 Å². The fraction of sp³-hybridized carbons (Fsp3) is 0.0526. The first-order valence-electron chi connectivity index (χ1n) is 7.53. The summed E-state index contributed by atoms with van der Waals surface area (Å²) in [6, 6.07) is 8.84. The third-order valence-corrected chi connectivity index (χ3v) is 4.66. The Kier molecular flexibility index (Phi) is 3.47. The van der Waals surface area contributed by atoms with Crippen molar-refractivity contribution in [1.82, 2.24) is 0 Å². The van der Waals surface area contributed by atoms with Crippen molar-refractivity contribution >= 4 is 28.4 Å². The van der Waals surface area contributed by atoms with Gasteiger partial charge in [-0.05, 0) is 46.5 Å². The molecule has 4 nitrogen and oxygen atoms in total. The van der Waals surface area contributed by atoms with Gasteiger partial charge in [0.2, 0.25) is 0 Å². The van der Waals surface area contributed by atoms with E-state index in [1.54, 1.807) is 18.2 Å². The van der Waals surface area contributed by atoms with Crippen LogP contribution in [0.15, 0.2) is 47.1 Å². The molecule has 0 fully saturated rings. The molecule has 0 bridgehead atoms. The average molecular weight is 358 g/mol. The van der Waals surface area contributed by atoms with E-state index in [4.69, 9.17) is 21.8 Å². The van der Waals surface area contributed by atoms with Gasteiger partial charge in [-0.25, -0.2) is 4.39 Å². The van der Waals surface area contributed by atoms with E-state index >= 15 is 0 Å². The maximum atomic E-state index is 13.9. The van der Waals surface area contributed by atoms with Crippen LogP contribution in [0.3, 0.4) is 0 Å². The molecule has 3 aromatic rings. The van der Waals surface area contributed by atoms with Crippen molar-refractivity contribution in [2.24, 2.45) is 0 Å². The van der Waals surface area contributed by atoms with E-state index in [1.165, 1.54) is 24.5 Å². The molecule has 0 aliphatic heterocycles. The number of hydrogen-bond acceptors (Lipinski definition) is 4. The van der Waals surface area contributed by atoms with Gasteiger partial charge in [0.05, 0.1) is 12.0 Å². The molecule has 4 N–H and O–H groups in total. The fourth-order valence-corrected chi connectivity index (χ4v) is 3.46. The second-order valence-corrected chi connectivity index (χ2v) is 6.26. The number of benzene rings is 2. The van der Waals surface area contributed by atoms with Gasteiger partial charge in [0.25, 0.3) is 0 Å². The first kappa shape index (κ1) is 15.6. The highest BCUT2D eigenvalue weighted by Crippen LogP contribution is 2.47. The highest BCUT2D eigenvalue weighted by atomic mass is 35.5. The zero-order valence-corrected chi connectivity index (χ0v) is 13.6. The minimum absolute atomic E-state index is 0.0181. The maximum absolute atomic E-state index is 13.9. The molecule has 126 valence electrons. The Bertz CT molecular complexity index is 1040. The van der Waals surface area contributed by atoms with Gasteiger partial charge in [-0.3, -0.25) is 0 Å². The molecule has 25 heavy (non-hydrogen) atoms. The largest absolute Gasteiger partial charge is 0.508 e. The SMILES string of the molecule is Nc1ccoc1C1=C(c2ccc(O)c(F)c2)Cc2c(Cl)cc(O)cc21. The van der Waals surface area contributed by atoms with Crippen LogP contribution < -0.4 is 5.73 Å². The first-order valence-corrected chi connectivity index (χ1v) is 7.90. The summed E-state index contributed by atoms with van der Waals surface area (Å²) in [5, 5.41) is 19.8. The molecule has 0 unspecified atom stereocenters. The normalized spacial score (nSPS) is 13.4. The summed E-state index contributed by atoms with van der Waals surface area (Å²) in [5.41, 5.74) is 9.91. The monoisotopic (exact) mass is 357 g/mol. The molecule has 1 aromatic heterocycles. The number of phenols is 2. The third-order valence-electron chi connectivity index (χ3n) is 4.32. The lowest BCUT2D eigenvalue weighted by Gasteiger charge is -2.09. The summed E-state index contributed by atoms with van der Waals surface area (Å²) in [7, 11) is 0. The zero-order chi connectivity index (χ0) is 17.7. The van der Waals surface area contributed by atoms with E-state index in [0.717, 1.165) is 11.1 Å². The predicted molar refractivity (Wildman–Crippen MR) is 93.9 cm³/mol. The minimum atomic E-state index is -0.721. The molecule has 0 atom stereocenters. The van der Waals surface area contributed by atoms with Crippen LogP contribution in [0.1, 0.15) is 22.5 Å². The molecule has 1 aliphatic carbocycles. The summed E-state index contributed by atoms with van der Waals surface area (Å²) < 4.78 is 19.4. The molecular formula is C19H13ClFNO3. The Morgan fingerprint density at radius 2 is 1.92 bits per heavy atom. The number of phenolic OH excluding ortho intramolecular Hbond substituents is 2. The van der Waals surface area contributed by atoms with Gasteiger partial charge < -0.3 is 20.4 Å². The van der Waals surface area contributed by atoms with Crippen LogP contribution in [-0.2, 0) is 6.42 Å². The molecule has 6 heteroatoms. The molecule has 0 amide bonds. The molecule has 1 heterocycles. The van der Waals surface area contributed by atoms with Crippen molar-refractivity contribution in [3.8, 4) is 11.5 Å². The number of nitrogen functional groups attached to an aromatic ring is 1. The Labute approximate surface area is 147 Å². The fourth-order valence-electron chi connectivity index (χ4n) is 3.18. The minimum Gasteiger partial charge on any atom is -0.508 e. The topological polar surface area (TPSA) is 79.6 Å². The zero-order valence-electron chi connectivity index (χ0n) is 12.9. The van der Waals surface area contributed by atoms with E-state index in [1.807, 2.05) is 0 Å². The Hall–Kier alpha value is -2.92. The Morgan fingerprint density at radius 1 is 1.12 bits per heavy atom. The number of hydrogen-bond donors (Lipinski definition) is 3. The van der Waals surface area contributed by atoms with Crippen molar-refractivity contribution in [3.63, 3.8) is 0 Å². The molecule has 2 aromatic carbocycles. The van der Waals surface area contributed by atoms with Crippen LogP contribution in [0.4, 0.5) is 10.1 Å². The molecule has 0 saturated carbocycles. The van der Waals surface area contributed by atoms with Gasteiger partial charge >= 0.3 is 0 Å².